The fourth-order valence-electron chi connectivity index (χ4n) is 4.22. The Kier molecular flexibility index (Phi) is 5.56. The first-order valence-electron chi connectivity index (χ1n) is 10.8. The normalized spacial score (nSPS) is 11.2. The number of hydrogen-bond acceptors (Lipinski definition) is 6. The predicted octanol–water partition coefficient (Wildman–Crippen LogP) is 4.47. The summed E-state index contributed by atoms with van der Waals surface area (Å²) >= 11 is 0. The van der Waals surface area contributed by atoms with Crippen LogP contribution in [0.4, 0.5) is 0 Å². The van der Waals surface area contributed by atoms with Crippen molar-refractivity contribution in [2.75, 3.05) is 21.3 Å². The summed E-state index contributed by atoms with van der Waals surface area (Å²) in [5.41, 5.74) is 4.10. The molecule has 1 N–H and O–H groups in total. The fourth-order valence-corrected chi connectivity index (χ4v) is 4.22. The predicted molar refractivity (Wildman–Crippen MR) is 126 cm³/mol. The summed E-state index contributed by atoms with van der Waals surface area (Å²) in [5.74, 6) is 3.00. The highest BCUT2D eigenvalue weighted by atomic mass is 16.5. The van der Waals surface area contributed by atoms with Gasteiger partial charge in [0.1, 0.15) is 0 Å². The van der Waals surface area contributed by atoms with Crippen molar-refractivity contribution in [3.63, 3.8) is 0 Å². The number of hydrogen-bond donors (Lipinski definition) is 1. The first kappa shape index (κ1) is 20.8. The maximum absolute atomic E-state index is 5.67. The summed E-state index contributed by atoms with van der Waals surface area (Å²) < 4.78 is 18.4. The molecule has 0 aliphatic carbocycles. The molecule has 0 spiro atoms. The average Bonchev–Trinajstić information content (AvgIpc) is 3.47. The zero-order chi connectivity index (χ0) is 22.8. The van der Waals surface area contributed by atoms with Crippen LogP contribution in [-0.4, -0.2) is 45.9 Å². The van der Waals surface area contributed by atoms with E-state index >= 15 is 0 Å². The lowest BCUT2D eigenvalue weighted by molar-refractivity contribution is 0.325. The Hall–Kier alpha value is -4.07. The number of aromatic amines is 1. The van der Waals surface area contributed by atoms with E-state index in [-0.39, 0.29) is 0 Å². The van der Waals surface area contributed by atoms with E-state index in [1.165, 1.54) is 10.9 Å². The standard InChI is InChI=1S/C25H25N5O3/c1-31-21-12-11-18(23(32-2)24(21)33-3)20-13-14-26-25-28-22(29-30(20)25)10-6-7-16-15-27-19-9-5-4-8-17(16)19/h4-5,8-9,11-15,27H,6-7,10H2,1-3H3. The van der Waals surface area contributed by atoms with Crippen LogP contribution in [0.1, 0.15) is 17.8 Å². The second-order valence-corrected chi connectivity index (χ2v) is 7.66. The van der Waals surface area contributed by atoms with Crippen LogP contribution in [0.15, 0.2) is 54.9 Å². The van der Waals surface area contributed by atoms with Crippen LogP contribution >= 0.6 is 0 Å². The highest BCUT2D eigenvalue weighted by Crippen LogP contribution is 2.44. The number of H-pyrrole nitrogens is 1. The molecule has 33 heavy (non-hydrogen) atoms. The van der Waals surface area contributed by atoms with Crippen LogP contribution in [0.3, 0.4) is 0 Å². The van der Waals surface area contributed by atoms with Gasteiger partial charge in [0, 0.05) is 35.3 Å². The topological polar surface area (TPSA) is 86.6 Å². The minimum atomic E-state index is 0.529. The van der Waals surface area contributed by atoms with Crippen LogP contribution in [0.25, 0.3) is 27.9 Å². The molecule has 0 saturated heterocycles. The Morgan fingerprint density at radius 1 is 0.909 bits per heavy atom. The lowest BCUT2D eigenvalue weighted by Crippen LogP contribution is -2.01. The van der Waals surface area contributed by atoms with Crippen LogP contribution in [-0.2, 0) is 12.8 Å². The second-order valence-electron chi connectivity index (χ2n) is 7.66. The van der Waals surface area contributed by atoms with E-state index in [0.717, 1.165) is 41.9 Å². The molecular weight excluding hydrogens is 418 g/mol. The van der Waals surface area contributed by atoms with Crippen molar-refractivity contribution in [3.8, 4) is 28.5 Å². The number of para-hydroxylation sites is 1. The molecule has 0 atom stereocenters. The molecule has 5 rings (SSSR count). The molecule has 8 nitrogen and oxygen atoms in total. The summed E-state index contributed by atoms with van der Waals surface area (Å²) in [5, 5.41) is 6.02. The monoisotopic (exact) mass is 443 g/mol. The van der Waals surface area contributed by atoms with E-state index in [2.05, 4.69) is 39.3 Å². The first-order valence-corrected chi connectivity index (χ1v) is 10.8. The lowest BCUT2D eigenvalue weighted by Gasteiger charge is -2.16. The molecule has 0 fully saturated rings. The summed E-state index contributed by atoms with van der Waals surface area (Å²) in [4.78, 5) is 12.4. The number of ether oxygens (including phenoxy) is 3. The number of aromatic nitrogens is 5. The second kappa shape index (κ2) is 8.82. The molecule has 168 valence electrons. The van der Waals surface area contributed by atoms with Crippen molar-refractivity contribution in [3.05, 3.63) is 66.2 Å². The Morgan fingerprint density at radius 3 is 2.58 bits per heavy atom. The summed E-state index contributed by atoms with van der Waals surface area (Å²) in [7, 11) is 4.80. The van der Waals surface area contributed by atoms with Gasteiger partial charge in [0.2, 0.25) is 5.75 Å². The van der Waals surface area contributed by atoms with E-state index in [4.69, 9.17) is 19.3 Å². The molecule has 8 heteroatoms. The zero-order valence-electron chi connectivity index (χ0n) is 18.8. The average molecular weight is 444 g/mol. The van der Waals surface area contributed by atoms with Crippen LogP contribution < -0.4 is 14.2 Å². The van der Waals surface area contributed by atoms with Gasteiger partial charge in [-0.2, -0.15) is 9.50 Å². The number of aryl methyl sites for hydroxylation is 2. The molecule has 0 radical (unpaired) electrons. The van der Waals surface area contributed by atoms with E-state index < -0.39 is 0 Å². The van der Waals surface area contributed by atoms with Crippen LogP contribution in [0.2, 0.25) is 0 Å². The molecule has 2 aromatic carbocycles. The van der Waals surface area contributed by atoms with Crippen LogP contribution in [0, 0.1) is 0 Å². The summed E-state index contributed by atoms with van der Waals surface area (Å²) in [6, 6.07) is 14.0. The van der Waals surface area contributed by atoms with Gasteiger partial charge in [-0.25, -0.2) is 4.98 Å². The number of benzene rings is 2. The van der Waals surface area contributed by atoms with Gasteiger partial charge >= 0.3 is 0 Å². The molecule has 0 aliphatic heterocycles. The van der Waals surface area contributed by atoms with E-state index in [1.807, 2.05) is 24.3 Å². The van der Waals surface area contributed by atoms with Gasteiger partial charge in [0.05, 0.1) is 27.0 Å². The Balaban J connectivity index is 1.43. The summed E-state index contributed by atoms with van der Waals surface area (Å²) in [6.45, 7) is 0. The number of rotatable bonds is 8. The van der Waals surface area contributed by atoms with Crippen molar-refractivity contribution in [1.82, 2.24) is 24.6 Å². The van der Waals surface area contributed by atoms with Gasteiger partial charge in [-0.15, -0.1) is 5.10 Å². The van der Waals surface area contributed by atoms with E-state index in [1.54, 1.807) is 32.0 Å². The SMILES string of the molecule is COc1ccc(-c2ccnc3nc(CCCc4c[nH]c5ccccc45)nn23)c(OC)c1OC. The number of methoxy groups -OCH3 is 3. The summed E-state index contributed by atoms with van der Waals surface area (Å²) in [6.07, 6.45) is 6.46. The van der Waals surface area contributed by atoms with Gasteiger partial charge in [0.15, 0.2) is 17.3 Å². The minimum Gasteiger partial charge on any atom is -0.493 e. The molecule has 0 unspecified atom stereocenters. The van der Waals surface area contributed by atoms with Gasteiger partial charge in [-0.3, -0.25) is 0 Å². The third-order valence-corrected chi connectivity index (χ3v) is 5.79. The molecule has 3 aromatic heterocycles. The van der Waals surface area contributed by atoms with Gasteiger partial charge in [-0.1, -0.05) is 18.2 Å². The lowest BCUT2D eigenvalue weighted by atomic mass is 10.1. The van der Waals surface area contributed by atoms with Crippen molar-refractivity contribution in [2.45, 2.75) is 19.3 Å². The third-order valence-electron chi connectivity index (χ3n) is 5.79. The molecule has 3 heterocycles. The van der Waals surface area contributed by atoms with Crippen molar-refractivity contribution < 1.29 is 14.2 Å². The number of nitrogens with zero attached hydrogens (tertiary/aromatic N) is 4. The van der Waals surface area contributed by atoms with Crippen molar-refractivity contribution in [1.29, 1.82) is 0 Å². The fraction of sp³-hybridized carbons (Fsp3) is 0.240. The van der Waals surface area contributed by atoms with Gasteiger partial charge < -0.3 is 19.2 Å². The molecule has 0 bridgehead atoms. The molecular formula is C25H25N5O3. The molecule has 0 amide bonds. The minimum absolute atomic E-state index is 0.529. The Labute approximate surface area is 191 Å². The smallest absolute Gasteiger partial charge is 0.252 e. The molecule has 0 aliphatic rings. The molecule has 5 aromatic rings. The number of nitrogens with one attached hydrogen (secondary N) is 1. The third kappa shape index (κ3) is 3.73. The van der Waals surface area contributed by atoms with Crippen molar-refractivity contribution in [2.24, 2.45) is 0 Å². The zero-order valence-corrected chi connectivity index (χ0v) is 18.8. The first-order chi connectivity index (χ1) is 16.2. The maximum atomic E-state index is 5.67. The van der Waals surface area contributed by atoms with Crippen LogP contribution in [0.5, 0.6) is 17.2 Å². The van der Waals surface area contributed by atoms with Crippen molar-refractivity contribution >= 4 is 16.7 Å². The number of fused-ring (bicyclic) bond motifs is 2. The van der Waals surface area contributed by atoms with E-state index in [9.17, 15) is 0 Å². The van der Waals surface area contributed by atoms with Gasteiger partial charge in [-0.05, 0) is 42.7 Å². The molecule has 0 saturated carbocycles. The Morgan fingerprint density at radius 2 is 1.76 bits per heavy atom. The quantitative estimate of drug-likeness (QED) is 0.381. The van der Waals surface area contributed by atoms with E-state index in [0.29, 0.717) is 23.0 Å². The highest BCUT2D eigenvalue weighted by Gasteiger charge is 2.20. The maximum Gasteiger partial charge on any atom is 0.252 e. The Bertz CT molecular complexity index is 1420. The van der Waals surface area contributed by atoms with Gasteiger partial charge in [0.25, 0.3) is 5.78 Å². The largest absolute Gasteiger partial charge is 0.493 e. The highest BCUT2D eigenvalue weighted by molar-refractivity contribution is 5.83.